The van der Waals surface area contributed by atoms with Crippen LogP contribution >= 0.6 is 46.2 Å². The predicted octanol–water partition coefficient (Wildman–Crippen LogP) is 5.25. The van der Waals surface area contributed by atoms with E-state index in [1.165, 1.54) is 0 Å². The van der Waals surface area contributed by atoms with Crippen LogP contribution in [0.2, 0.25) is 10.0 Å². The van der Waals surface area contributed by atoms with Crippen molar-refractivity contribution in [2.45, 2.75) is 0 Å². The van der Waals surface area contributed by atoms with Gasteiger partial charge in [-0.25, -0.2) is 4.98 Å². The zero-order valence-corrected chi connectivity index (χ0v) is 19.2. The average Bonchev–Trinajstić information content (AvgIpc) is 3.06. The number of anilines is 2. The molecule has 0 unspecified atom stereocenters. The van der Waals surface area contributed by atoms with E-state index in [2.05, 4.69) is 10.3 Å². The number of benzene rings is 1. The lowest BCUT2D eigenvalue weighted by atomic mass is 10.1. The molecule has 0 radical (unpaired) electrons. The van der Waals surface area contributed by atoms with Gasteiger partial charge in [0.05, 0.1) is 33.3 Å². The first kappa shape index (κ1) is 23.0. The molecule has 3 heterocycles. The second-order valence-corrected chi connectivity index (χ2v) is 10.2. The Morgan fingerprint density at radius 1 is 1.20 bits per heavy atom. The SMILES string of the molecule is Cl.Cn1ccc2c(Nc3ccc(Cl)cc3Cl)ncc(C(=O)N3CCS(O)(O)CC3)c21. The Morgan fingerprint density at radius 2 is 1.90 bits per heavy atom. The smallest absolute Gasteiger partial charge is 0.257 e. The summed E-state index contributed by atoms with van der Waals surface area (Å²) in [6.07, 6.45) is 3.41. The number of hydrogen-bond acceptors (Lipinski definition) is 5. The van der Waals surface area contributed by atoms with Gasteiger partial charge in [-0.3, -0.25) is 13.9 Å². The molecule has 11 heteroatoms. The van der Waals surface area contributed by atoms with Gasteiger partial charge in [0.1, 0.15) is 5.82 Å². The zero-order chi connectivity index (χ0) is 20.8. The van der Waals surface area contributed by atoms with Crippen LogP contribution < -0.4 is 5.32 Å². The third kappa shape index (κ3) is 4.49. The highest BCUT2D eigenvalue weighted by atomic mass is 35.5. The molecule has 3 aromatic rings. The van der Waals surface area contributed by atoms with Crippen molar-refractivity contribution in [2.75, 3.05) is 29.9 Å². The number of aromatic nitrogens is 2. The molecule has 0 spiro atoms. The van der Waals surface area contributed by atoms with Crippen molar-refractivity contribution in [3.8, 4) is 0 Å². The maximum Gasteiger partial charge on any atom is 0.257 e. The summed E-state index contributed by atoms with van der Waals surface area (Å²) in [6, 6.07) is 7.03. The van der Waals surface area contributed by atoms with Gasteiger partial charge < -0.3 is 14.8 Å². The van der Waals surface area contributed by atoms with Crippen LogP contribution in [-0.4, -0.2) is 54.1 Å². The first-order valence-electron chi connectivity index (χ1n) is 8.94. The topological polar surface area (TPSA) is 90.6 Å². The van der Waals surface area contributed by atoms with Gasteiger partial charge in [0, 0.05) is 42.9 Å². The fraction of sp³-hybridized carbons (Fsp3) is 0.263. The quantitative estimate of drug-likeness (QED) is 0.465. The fourth-order valence-electron chi connectivity index (χ4n) is 3.39. The van der Waals surface area contributed by atoms with E-state index in [4.69, 9.17) is 23.2 Å². The molecule has 2 aromatic heterocycles. The molecule has 162 valence electrons. The van der Waals surface area contributed by atoms with Crippen molar-refractivity contribution < 1.29 is 13.9 Å². The number of nitrogens with zero attached hydrogens (tertiary/aromatic N) is 3. The molecule has 3 N–H and O–H groups in total. The Kier molecular flexibility index (Phi) is 6.76. The van der Waals surface area contributed by atoms with Crippen molar-refractivity contribution in [3.05, 3.63) is 52.3 Å². The van der Waals surface area contributed by atoms with Crippen molar-refractivity contribution in [2.24, 2.45) is 7.05 Å². The van der Waals surface area contributed by atoms with Gasteiger partial charge >= 0.3 is 0 Å². The number of amides is 1. The van der Waals surface area contributed by atoms with E-state index >= 15 is 0 Å². The Balaban J connectivity index is 0.00000256. The lowest BCUT2D eigenvalue weighted by Gasteiger charge is -2.40. The lowest BCUT2D eigenvalue weighted by Crippen LogP contribution is -2.42. The van der Waals surface area contributed by atoms with Crippen LogP contribution in [0.4, 0.5) is 11.5 Å². The Hall–Kier alpha value is -1.68. The van der Waals surface area contributed by atoms with Gasteiger partial charge in [0.15, 0.2) is 0 Å². The molecular formula is C19H21Cl3N4O3S. The largest absolute Gasteiger partial charge is 0.350 e. The molecule has 7 nitrogen and oxygen atoms in total. The highest BCUT2D eigenvalue weighted by Gasteiger charge is 2.28. The third-order valence-electron chi connectivity index (χ3n) is 4.98. The molecule has 0 atom stereocenters. The van der Waals surface area contributed by atoms with Crippen LogP contribution in [0.1, 0.15) is 10.4 Å². The first-order chi connectivity index (χ1) is 13.7. The van der Waals surface area contributed by atoms with E-state index in [-0.39, 0.29) is 29.8 Å². The van der Waals surface area contributed by atoms with E-state index in [0.717, 1.165) is 10.9 Å². The summed E-state index contributed by atoms with van der Waals surface area (Å²) in [5.41, 5.74) is 1.88. The van der Waals surface area contributed by atoms with Crippen LogP contribution in [0, 0.1) is 0 Å². The van der Waals surface area contributed by atoms with Crippen LogP contribution in [0.15, 0.2) is 36.7 Å². The first-order valence-corrected chi connectivity index (χ1v) is 11.6. The summed E-state index contributed by atoms with van der Waals surface area (Å²) in [5, 5.41) is 5.00. The van der Waals surface area contributed by atoms with Crippen LogP contribution in [-0.2, 0) is 7.05 Å². The number of aryl methyl sites for hydroxylation is 1. The summed E-state index contributed by atoms with van der Waals surface area (Å²) < 4.78 is 21.5. The standard InChI is InChI=1S/C19H20Cl2N4O3S.ClH/c1-24-5-4-13-17(24)14(19(26)25-6-8-29(27,28)9-7-25)11-22-18(13)23-16-3-2-12(20)10-15(16)21;/h2-5,10-11,27-28H,6-9H2,1H3,(H,22,23);1H. The summed E-state index contributed by atoms with van der Waals surface area (Å²) in [5.74, 6) is 0.818. The minimum Gasteiger partial charge on any atom is -0.350 e. The van der Waals surface area contributed by atoms with Crippen molar-refractivity contribution in [1.82, 2.24) is 14.5 Å². The molecule has 0 aliphatic carbocycles. The predicted molar refractivity (Wildman–Crippen MR) is 126 cm³/mol. The Labute approximate surface area is 191 Å². The van der Waals surface area contributed by atoms with Crippen LogP contribution in [0.5, 0.6) is 0 Å². The number of nitrogens with one attached hydrogen (secondary N) is 1. The summed E-state index contributed by atoms with van der Waals surface area (Å²) in [7, 11) is -0.700. The van der Waals surface area contributed by atoms with E-state index in [0.29, 0.717) is 40.2 Å². The summed E-state index contributed by atoms with van der Waals surface area (Å²) >= 11 is 12.2. The Bertz CT molecular complexity index is 1100. The minimum atomic E-state index is -2.57. The lowest BCUT2D eigenvalue weighted by molar-refractivity contribution is 0.0769. The van der Waals surface area contributed by atoms with Gasteiger partial charge in [-0.2, -0.15) is 10.6 Å². The van der Waals surface area contributed by atoms with Crippen LogP contribution in [0.25, 0.3) is 10.9 Å². The van der Waals surface area contributed by atoms with Crippen molar-refractivity contribution >= 4 is 74.5 Å². The van der Waals surface area contributed by atoms with E-state index in [9.17, 15) is 13.9 Å². The summed E-state index contributed by atoms with van der Waals surface area (Å²) in [4.78, 5) is 19.2. The van der Waals surface area contributed by atoms with E-state index in [1.807, 2.05) is 23.9 Å². The normalized spacial score (nSPS) is 16.8. The van der Waals surface area contributed by atoms with E-state index in [1.54, 1.807) is 29.3 Å². The van der Waals surface area contributed by atoms with Crippen molar-refractivity contribution in [1.29, 1.82) is 0 Å². The maximum absolute atomic E-state index is 13.1. The van der Waals surface area contributed by atoms with Gasteiger partial charge in [-0.05, 0) is 24.3 Å². The molecule has 30 heavy (non-hydrogen) atoms. The molecular weight excluding hydrogens is 471 g/mol. The Morgan fingerprint density at radius 3 is 2.57 bits per heavy atom. The third-order valence-corrected chi connectivity index (χ3v) is 7.20. The molecule has 1 aromatic carbocycles. The van der Waals surface area contributed by atoms with Gasteiger partial charge in [0.2, 0.25) is 0 Å². The van der Waals surface area contributed by atoms with Gasteiger partial charge in [-0.15, -0.1) is 12.4 Å². The number of carbonyl (C=O) groups is 1. The number of pyridine rings is 1. The fourth-order valence-corrected chi connectivity index (χ4v) is 5.08. The van der Waals surface area contributed by atoms with Gasteiger partial charge in [-0.1, -0.05) is 23.2 Å². The molecule has 1 aliphatic rings. The van der Waals surface area contributed by atoms with Crippen molar-refractivity contribution in [3.63, 3.8) is 0 Å². The molecule has 0 saturated carbocycles. The second kappa shape index (κ2) is 8.82. The average molecular weight is 492 g/mol. The molecule has 0 bridgehead atoms. The maximum atomic E-state index is 13.1. The molecule has 1 fully saturated rings. The number of carbonyl (C=O) groups excluding carboxylic acids is 1. The number of halogens is 3. The molecule has 1 aliphatic heterocycles. The highest BCUT2D eigenvalue weighted by Crippen LogP contribution is 2.41. The van der Waals surface area contributed by atoms with E-state index < -0.39 is 10.6 Å². The number of fused-ring (bicyclic) bond motifs is 1. The number of hydrogen-bond donors (Lipinski definition) is 3. The monoisotopic (exact) mass is 490 g/mol. The highest BCUT2D eigenvalue weighted by molar-refractivity contribution is 8.24. The molecule has 4 rings (SSSR count). The minimum absolute atomic E-state index is 0. The molecule has 1 amide bonds. The number of rotatable bonds is 3. The van der Waals surface area contributed by atoms with Crippen LogP contribution in [0.3, 0.4) is 0 Å². The molecule has 1 saturated heterocycles. The zero-order valence-electron chi connectivity index (χ0n) is 16.0. The summed E-state index contributed by atoms with van der Waals surface area (Å²) in [6.45, 7) is 0.626. The second-order valence-electron chi connectivity index (χ2n) is 6.96. The van der Waals surface area contributed by atoms with Gasteiger partial charge in [0.25, 0.3) is 5.91 Å².